The van der Waals surface area contributed by atoms with E-state index >= 15 is 0 Å². The summed E-state index contributed by atoms with van der Waals surface area (Å²) in [6, 6.07) is 8.75. The predicted molar refractivity (Wildman–Crippen MR) is 124 cm³/mol. The van der Waals surface area contributed by atoms with Crippen molar-refractivity contribution in [2.75, 3.05) is 6.54 Å². The third kappa shape index (κ3) is 4.47. The first-order valence-electron chi connectivity index (χ1n) is 10.4. The molecular formula is C23H26Cl2F2N4O. The van der Waals surface area contributed by atoms with Gasteiger partial charge in [-0.2, -0.15) is 0 Å². The Kier molecular flexibility index (Phi) is 7.12. The van der Waals surface area contributed by atoms with E-state index in [0.717, 1.165) is 25.5 Å². The molecule has 0 unspecified atom stereocenters. The number of guanidine groups is 1. The van der Waals surface area contributed by atoms with Gasteiger partial charge in [0.05, 0.1) is 17.0 Å². The third-order valence-corrected chi connectivity index (χ3v) is 6.59. The highest BCUT2D eigenvalue weighted by Crippen LogP contribution is 2.40. The van der Waals surface area contributed by atoms with Crippen LogP contribution in [0.5, 0.6) is 0 Å². The fourth-order valence-electron chi connectivity index (χ4n) is 4.64. The lowest BCUT2D eigenvalue weighted by Crippen LogP contribution is -2.63. The second-order valence-corrected chi connectivity index (χ2v) is 8.95. The third-order valence-electron chi connectivity index (χ3n) is 6.18. The van der Waals surface area contributed by atoms with E-state index in [2.05, 4.69) is 17.6 Å². The summed E-state index contributed by atoms with van der Waals surface area (Å²) >= 11 is 6.67. The maximum atomic E-state index is 14.4. The number of carbonyl (C=O) groups is 1. The van der Waals surface area contributed by atoms with Crippen LogP contribution in [0.1, 0.15) is 38.7 Å². The number of benzene rings is 2. The highest BCUT2D eigenvalue weighted by atomic mass is 35.5. The highest BCUT2D eigenvalue weighted by Gasteiger charge is 2.43. The summed E-state index contributed by atoms with van der Waals surface area (Å²) in [4.78, 5) is 14.7. The molecule has 0 bridgehead atoms. The van der Waals surface area contributed by atoms with Gasteiger partial charge in [-0.05, 0) is 50.9 Å². The molecule has 9 heteroatoms. The zero-order chi connectivity index (χ0) is 22.3. The smallest absolute Gasteiger partial charge is 0.232 e. The highest BCUT2D eigenvalue weighted by molar-refractivity contribution is 6.34. The van der Waals surface area contributed by atoms with Crippen LogP contribution in [-0.4, -0.2) is 35.4 Å². The van der Waals surface area contributed by atoms with Gasteiger partial charge in [0.15, 0.2) is 5.96 Å². The summed E-state index contributed by atoms with van der Waals surface area (Å²) in [7, 11) is 0. The molecule has 4 rings (SSSR count). The SMILES string of the molecule is C[C@@H]1C[C@H](N2C(=N)N[C@](C)(c3cccc(-c4ccc(F)cc4F)c3Cl)CC2=O)CCN1.Cl. The van der Waals surface area contributed by atoms with E-state index in [1.807, 2.05) is 6.92 Å². The van der Waals surface area contributed by atoms with E-state index in [0.29, 0.717) is 11.1 Å². The molecule has 3 atom stereocenters. The molecular weight excluding hydrogens is 457 g/mol. The molecule has 0 saturated carbocycles. The number of piperidine rings is 1. The van der Waals surface area contributed by atoms with Crippen LogP contribution in [0.4, 0.5) is 8.78 Å². The van der Waals surface area contributed by atoms with Crippen LogP contribution in [-0.2, 0) is 10.3 Å². The average molecular weight is 483 g/mol. The summed E-state index contributed by atoms with van der Waals surface area (Å²) in [5, 5.41) is 15.4. The van der Waals surface area contributed by atoms with Gasteiger partial charge in [0.2, 0.25) is 5.91 Å². The van der Waals surface area contributed by atoms with E-state index < -0.39 is 17.2 Å². The number of carbonyl (C=O) groups excluding carboxylic acids is 1. The van der Waals surface area contributed by atoms with Gasteiger partial charge in [0.1, 0.15) is 11.6 Å². The topological polar surface area (TPSA) is 68.2 Å². The van der Waals surface area contributed by atoms with Crippen molar-refractivity contribution in [1.29, 1.82) is 5.41 Å². The molecule has 2 aliphatic heterocycles. The number of rotatable bonds is 3. The van der Waals surface area contributed by atoms with E-state index in [1.54, 1.807) is 23.1 Å². The summed E-state index contributed by atoms with van der Waals surface area (Å²) in [5.74, 6) is -1.47. The van der Waals surface area contributed by atoms with Gasteiger partial charge in [-0.1, -0.05) is 29.8 Å². The van der Waals surface area contributed by atoms with Crippen LogP contribution in [0, 0.1) is 17.0 Å². The maximum absolute atomic E-state index is 14.4. The molecule has 0 aliphatic carbocycles. The molecule has 3 N–H and O–H groups in total. The monoisotopic (exact) mass is 482 g/mol. The van der Waals surface area contributed by atoms with E-state index in [1.165, 1.54) is 12.1 Å². The lowest BCUT2D eigenvalue weighted by molar-refractivity contribution is -0.132. The Balaban J connectivity index is 0.00000289. The molecule has 0 radical (unpaired) electrons. The first-order chi connectivity index (χ1) is 14.7. The molecule has 2 heterocycles. The van der Waals surface area contributed by atoms with Crippen LogP contribution in [0.25, 0.3) is 11.1 Å². The second-order valence-electron chi connectivity index (χ2n) is 8.57. The molecule has 0 aromatic heterocycles. The van der Waals surface area contributed by atoms with Gasteiger partial charge in [0, 0.05) is 29.3 Å². The van der Waals surface area contributed by atoms with Crippen molar-refractivity contribution in [3.05, 3.63) is 58.6 Å². The number of nitrogens with zero attached hydrogens (tertiary/aromatic N) is 1. The van der Waals surface area contributed by atoms with Crippen molar-refractivity contribution in [3.8, 4) is 11.1 Å². The minimum atomic E-state index is -0.924. The van der Waals surface area contributed by atoms with Crippen LogP contribution < -0.4 is 10.6 Å². The molecule has 2 saturated heterocycles. The number of hydrogen-bond acceptors (Lipinski definition) is 3. The Bertz CT molecular complexity index is 1030. The summed E-state index contributed by atoms with van der Waals surface area (Å²) in [6.07, 6.45) is 1.69. The number of nitrogens with one attached hydrogen (secondary N) is 3. The second kappa shape index (κ2) is 9.33. The van der Waals surface area contributed by atoms with Gasteiger partial charge in [-0.15, -0.1) is 12.4 Å². The average Bonchev–Trinajstić information content (AvgIpc) is 2.68. The Morgan fingerprint density at radius 3 is 2.62 bits per heavy atom. The van der Waals surface area contributed by atoms with Crippen molar-refractivity contribution in [2.24, 2.45) is 0 Å². The van der Waals surface area contributed by atoms with Gasteiger partial charge < -0.3 is 10.6 Å². The number of amides is 1. The number of halogens is 4. The quantitative estimate of drug-likeness (QED) is 0.587. The lowest BCUT2D eigenvalue weighted by atomic mass is 9.84. The van der Waals surface area contributed by atoms with Gasteiger partial charge in [-0.25, -0.2) is 8.78 Å². The maximum Gasteiger partial charge on any atom is 0.232 e. The molecule has 2 aromatic rings. The molecule has 2 aromatic carbocycles. The van der Waals surface area contributed by atoms with Crippen molar-refractivity contribution in [1.82, 2.24) is 15.5 Å². The van der Waals surface area contributed by atoms with Gasteiger partial charge in [-0.3, -0.25) is 15.1 Å². The Morgan fingerprint density at radius 2 is 1.97 bits per heavy atom. The van der Waals surface area contributed by atoms with Crippen molar-refractivity contribution in [2.45, 2.75) is 50.7 Å². The molecule has 0 spiro atoms. The van der Waals surface area contributed by atoms with Gasteiger partial charge >= 0.3 is 0 Å². The largest absolute Gasteiger partial charge is 0.346 e. The van der Waals surface area contributed by atoms with Crippen LogP contribution >= 0.6 is 24.0 Å². The minimum absolute atomic E-state index is 0. The molecule has 172 valence electrons. The standard InChI is InChI=1S/C23H25ClF2N4O.ClH/c1-13-10-15(8-9-28-13)30-20(31)12-23(2,29-22(30)27)18-5-3-4-17(21(18)24)16-7-6-14(25)11-19(16)26;/h3-7,11,13,15,28H,8-10,12H2,1-2H3,(H2,27,29);1H/t13-,15-,23+;/m1./s1. The molecule has 2 fully saturated rings. The first kappa shape index (κ1) is 24.4. The van der Waals surface area contributed by atoms with E-state index in [9.17, 15) is 13.6 Å². The molecule has 5 nitrogen and oxygen atoms in total. The van der Waals surface area contributed by atoms with Crippen molar-refractivity contribution < 1.29 is 13.6 Å². The lowest BCUT2D eigenvalue weighted by Gasteiger charge is -2.45. The van der Waals surface area contributed by atoms with E-state index in [4.69, 9.17) is 17.0 Å². The van der Waals surface area contributed by atoms with Gasteiger partial charge in [0.25, 0.3) is 0 Å². The Hall–Kier alpha value is -2.22. The normalized spacial score (nSPS) is 25.8. The summed E-state index contributed by atoms with van der Waals surface area (Å²) in [6.45, 7) is 4.69. The number of hydrogen-bond donors (Lipinski definition) is 3. The van der Waals surface area contributed by atoms with E-state index in [-0.39, 0.29) is 53.4 Å². The van der Waals surface area contributed by atoms with Crippen LogP contribution in [0.3, 0.4) is 0 Å². The van der Waals surface area contributed by atoms with Crippen LogP contribution in [0.2, 0.25) is 5.02 Å². The molecule has 1 amide bonds. The fourth-order valence-corrected chi connectivity index (χ4v) is 5.08. The predicted octanol–water partition coefficient (Wildman–Crippen LogP) is 4.82. The van der Waals surface area contributed by atoms with Crippen LogP contribution in [0.15, 0.2) is 36.4 Å². The Labute approximate surface area is 197 Å². The zero-order valence-electron chi connectivity index (χ0n) is 17.8. The van der Waals surface area contributed by atoms with Crippen molar-refractivity contribution >= 4 is 35.9 Å². The van der Waals surface area contributed by atoms with Crippen molar-refractivity contribution in [3.63, 3.8) is 0 Å². The summed E-state index contributed by atoms with van der Waals surface area (Å²) in [5.41, 5.74) is 0.256. The summed E-state index contributed by atoms with van der Waals surface area (Å²) < 4.78 is 27.7. The first-order valence-corrected chi connectivity index (χ1v) is 10.7. The minimum Gasteiger partial charge on any atom is -0.346 e. The Morgan fingerprint density at radius 1 is 1.22 bits per heavy atom. The zero-order valence-corrected chi connectivity index (χ0v) is 19.4. The fraction of sp³-hybridized carbons (Fsp3) is 0.391. The molecule has 2 aliphatic rings. The molecule has 32 heavy (non-hydrogen) atoms.